The molecule has 0 aliphatic heterocycles. The Morgan fingerprint density at radius 3 is 1.91 bits per heavy atom. The number of aliphatic carboxylic acids is 1. The molecule has 0 radical (unpaired) electrons. The average molecular weight is 777 g/mol. The molecule has 1 aliphatic rings. The first kappa shape index (κ1) is 45.0. The standard InChI is InChI=1S/C43H60N4O7S/c1-30-31(2)41(52)39(32(3)40(30)51)43(4,5)28-37(48)46(6)25-26-47(42(53)54-33-22-23-34-35(27-33)55-36(29-44)45-34)24-20-18-16-14-12-10-8-7-9-11-13-15-17-19-21-38(49)50/h22-23,27H,7-21,24-26,28H2,1-6H3,(H,49,50). The van der Waals surface area contributed by atoms with Gasteiger partial charge in [0.1, 0.15) is 11.8 Å². The van der Waals surface area contributed by atoms with Crippen molar-refractivity contribution in [1.82, 2.24) is 14.8 Å². The number of carbonyl (C=O) groups excluding carboxylic acids is 4. The SMILES string of the molecule is CC1=C(C)C(=O)C(C(C)(C)CC(=O)N(C)CCN(CCCCCCCCCCCCCCCCC(=O)O)C(=O)Oc2ccc3nc(C#N)sc3c2)=C(C)C1=O. The molecule has 0 saturated heterocycles. The fourth-order valence-corrected chi connectivity index (χ4v) is 7.87. The molecule has 0 atom stereocenters. The highest BCUT2D eigenvalue weighted by molar-refractivity contribution is 7.19. The van der Waals surface area contributed by atoms with E-state index in [9.17, 15) is 29.2 Å². The van der Waals surface area contributed by atoms with E-state index in [1.165, 1.54) is 56.3 Å². The van der Waals surface area contributed by atoms with Crippen molar-refractivity contribution in [1.29, 1.82) is 5.26 Å². The normalized spacial score (nSPS) is 13.4. The van der Waals surface area contributed by atoms with E-state index >= 15 is 0 Å². The number of benzene rings is 1. The number of Topliss-reactive ketones (excluding diaryl/α,β-unsaturated/α-hetero) is 2. The summed E-state index contributed by atoms with van der Waals surface area (Å²) in [6.07, 6.45) is 15.1. The number of hydrogen-bond acceptors (Lipinski definition) is 9. The van der Waals surface area contributed by atoms with E-state index in [1.54, 1.807) is 55.8 Å². The molecular formula is C43H60N4O7S. The number of likely N-dealkylation sites (N-methyl/N-ethyl adjacent to an activating group) is 1. The number of carboxylic acid groups (broad SMARTS) is 1. The van der Waals surface area contributed by atoms with Crippen molar-refractivity contribution in [2.24, 2.45) is 5.41 Å². The van der Waals surface area contributed by atoms with Crippen LogP contribution in [-0.4, -0.2) is 76.1 Å². The van der Waals surface area contributed by atoms with Gasteiger partial charge in [0, 0.05) is 73.3 Å². The fraction of sp³-hybridized carbons (Fsp3) is 0.605. The zero-order valence-electron chi connectivity index (χ0n) is 33.8. The zero-order chi connectivity index (χ0) is 40.5. The van der Waals surface area contributed by atoms with E-state index in [4.69, 9.17) is 9.84 Å². The van der Waals surface area contributed by atoms with Crippen LogP contribution in [0.25, 0.3) is 10.2 Å². The number of allylic oxidation sites excluding steroid dienone is 4. The Morgan fingerprint density at radius 2 is 1.35 bits per heavy atom. The van der Waals surface area contributed by atoms with Crippen LogP contribution in [0, 0.1) is 16.7 Å². The summed E-state index contributed by atoms with van der Waals surface area (Å²) in [5, 5.41) is 18.3. The second-order valence-electron chi connectivity index (χ2n) is 15.5. The highest BCUT2D eigenvalue weighted by Gasteiger charge is 2.39. The lowest BCUT2D eigenvalue weighted by atomic mass is 9.71. The smallest absolute Gasteiger partial charge is 0.415 e. The molecule has 1 aliphatic carbocycles. The molecule has 0 bridgehead atoms. The Morgan fingerprint density at radius 1 is 0.800 bits per heavy atom. The Kier molecular flexibility index (Phi) is 18.2. The average Bonchev–Trinajstić information content (AvgIpc) is 3.56. The quantitative estimate of drug-likeness (QED) is 0.0810. The van der Waals surface area contributed by atoms with Gasteiger partial charge in [0.2, 0.25) is 5.91 Å². The molecule has 11 nitrogen and oxygen atoms in total. The molecule has 1 heterocycles. The molecule has 12 heteroatoms. The third-order valence-corrected chi connectivity index (χ3v) is 11.5. The van der Waals surface area contributed by atoms with E-state index < -0.39 is 17.5 Å². The number of fused-ring (bicyclic) bond motifs is 1. The van der Waals surface area contributed by atoms with E-state index in [1.807, 2.05) is 19.9 Å². The van der Waals surface area contributed by atoms with Crippen molar-refractivity contribution in [2.75, 3.05) is 26.7 Å². The molecule has 300 valence electrons. The number of nitriles is 1. The van der Waals surface area contributed by atoms with Crippen LogP contribution in [0.5, 0.6) is 5.75 Å². The second-order valence-corrected chi connectivity index (χ2v) is 16.5. The van der Waals surface area contributed by atoms with Crippen LogP contribution in [0.1, 0.15) is 142 Å². The van der Waals surface area contributed by atoms with Crippen molar-refractivity contribution in [2.45, 2.75) is 137 Å². The third kappa shape index (κ3) is 14.0. The summed E-state index contributed by atoms with van der Waals surface area (Å²) in [6.45, 7) is 9.58. The molecule has 2 amide bonds. The van der Waals surface area contributed by atoms with Crippen LogP contribution in [0.4, 0.5) is 4.79 Å². The van der Waals surface area contributed by atoms with Gasteiger partial charge in [-0.25, -0.2) is 9.78 Å². The maximum absolute atomic E-state index is 13.5. The summed E-state index contributed by atoms with van der Waals surface area (Å²) in [7, 11) is 1.68. The number of ether oxygens (including phenoxy) is 1. The number of carbonyl (C=O) groups is 5. The fourth-order valence-electron chi connectivity index (χ4n) is 7.08. The van der Waals surface area contributed by atoms with Crippen LogP contribution in [0.15, 0.2) is 40.5 Å². The Balaban J connectivity index is 1.49. The van der Waals surface area contributed by atoms with Crippen molar-refractivity contribution >= 4 is 51.1 Å². The van der Waals surface area contributed by atoms with Gasteiger partial charge in [-0.15, -0.1) is 11.3 Å². The monoisotopic (exact) mass is 776 g/mol. The summed E-state index contributed by atoms with van der Waals surface area (Å²) in [5.74, 6) is -0.910. The number of carboxylic acids is 1. The molecule has 2 aromatic rings. The molecule has 1 N–H and O–H groups in total. The minimum atomic E-state index is -0.866. The molecule has 55 heavy (non-hydrogen) atoms. The minimum Gasteiger partial charge on any atom is -0.481 e. The Labute approximate surface area is 330 Å². The predicted molar refractivity (Wildman–Crippen MR) is 216 cm³/mol. The topological polar surface area (TPSA) is 158 Å². The molecule has 0 fully saturated rings. The van der Waals surface area contributed by atoms with Gasteiger partial charge in [0.25, 0.3) is 0 Å². The van der Waals surface area contributed by atoms with Gasteiger partial charge in [-0.3, -0.25) is 19.2 Å². The maximum Gasteiger partial charge on any atom is 0.415 e. The van der Waals surface area contributed by atoms with Crippen molar-refractivity contribution in [3.63, 3.8) is 0 Å². The molecular weight excluding hydrogens is 717 g/mol. The highest BCUT2D eigenvalue weighted by atomic mass is 32.1. The lowest BCUT2D eigenvalue weighted by molar-refractivity contribution is -0.137. The van der Waals surface area contributed by atoms with Gasteiger partial charge < -0.3 is 19.6 Å². The van der Waals surface area contributed by atoms with Crippen LogP contribution >= 0.6 is 11.3 Å². The van der Waals surface area contributed by atoms with Crippen LogP contribution < -0.4 is 4.74 Å². The van der Waals surface area contributed by atoms with E-state index in [-0.39, 0.29) is 43.4 Å². The van der Waals surface area contributed by atoms with E-state index in [0.717, 1.165) is 49.6 Å². The van der Waals surface area contributed by atoms with Gasteiger partial charge in [0.15, 0.2) is 16.6 Å². The number of nitrogens with zero attached hydrogens (tertiary/aromatic N) is 4. The first-order valence-electron chi connectivity index (χ1n) is 19.9. The largest absolute Gasteiger partial charge is 0.481 e. The van der Waals surface area contributed by atoms with Crippen LogP contribution in [0.3, 0.4) is 0 Å². The highest BCUT2D eigenvalue weighted by Crippen LogP contribution is 2.39. The van der Waals surface area contributed by atoms with Crippen molar-refractivity contribution < 1.29 is 33.8 Å². The number of amides is 2. The molecule has 0 unspecified atom stereocenters. The lowest BCUT2D eigenvalue weighted by Gasteiger charge is -2.33. The van der Waals surface area contributed by atoms with Crippen molar-refractivity contribution in [3.05, 3.63) is 45.5 Å². The first-order valence-corrected chi connectivity index (χ1v) is 20.7. The van der Waals surface area contributed by atoms with Gasteiger partial charge >= 0.3 is 12.1 Å². The summed E-state index contributed by atoms with van der Waals surface area (Å²) < 4.78 is 6.54. The molecule has 0 spiro atoms. The van der Waals surface area contributed by atoms with Crippen LogP contribution in [-0.2, 0) is 19.2 Å². The second kappa shape index (κ2) is 22.2. The lowest BCUT2D eigenvalue weighted by Crippen LogP contribution is -2.42. The summed E-state index contributed by atoms with van der Waals surface area (Å²) in [5.41, 5.74) is 1.42. The van der Waals surface area contributed by atoms with E-state index in [0.29, 0.717) is 45.1 Å². The van der Waals surface area contributed by atoms with Gasteiger partial charge in [-0.05, 0) is 45.7 Å². The number of ketones is 2. The van der Waals surface area contributed by atoms with Gasteiger partial charge in [0.05, 0.1) is 10.2 Å². The zero-order valence-corrected chi connectivity index (χ0v) is 34.6. The number of thiazole rings is 1. The molecule has 0 saturated carbocycles. The summed E-state index contributed by atoms with van der Waals surface area (Å²) in [4.78, 5) is 71.1. The molecule has 1 aromatic heterocycles. The summed E-state index contributed by atoms with van der Waals surface area (Å²) >= 11 is 1.23. The first-order chi connectivity index (χ1) is 26.2. The van der Waals surface area contributed by atoms with E-state index in [2.05, 4.69) is 4.98 Å². The number of unbranched alkanes of at least 4 members (excludes halogenated alkanes) is 13. The molecule has 3 rings (SSSR count). The Hall–Kier alpha value is -4.37. The van der Waals surface area contributed by atoms with Crippen molar-refractivity contribution in [3.8, 4) is 11.8 Å². The molecule has 1 aromatic carbocycles. The minimum absolute atomic E-state index is 0.0295. The van der Waals surface area contributed by atoms with Gasteiger partial charge in [-0.1, -0.05) is 90.9 Å². The van der Waals surface area contributed by atoms with Crippen LogP contribution in [0.2, 0.25) is 0 Å². The summed E-state index contributed by atoms with van der Waals surface area (Å²) in [6, 6.07) is 7.14. The predicted octanol–water partition coefficient (Wildman–Crippen LogP) is 9.58. The number of aromatic nitrogens is 1. The number of hydrogen-bond donors (Lipinski definition) is 1. The maximum atomic E-state index is 13.5. The third-order valence-electron chi connectivity index (χ3n) is 10.6. The number of rotatable bonds is 24. The Bertz CT molecular complexity index is 1780. The van der Waals surface area contributed by atoms with Gasteiger partial charge in [-0.2, -0.15) is 5.26 Å².